The maximum Gasteiger partial charge on any atom is 0.325 e. The Balaban J connectivity index is 2.45. The van der Waals surface area contributed by atoms with E-state index in [1.54, 1.807) is 24.3 Å². The molecule has 3 aromatic rings. The minimum atomic E-state index is -0.568. The summed E-state index contributed by atoms with van der Waals surface area (Å²) in [4.78, 5) is 34.8. The highest BCUT2D eigenvalue weighted by Crippen LogP contribution is 2.26. The summed E-state index contributed by atoms with van der Waals surface area (Å²) in [5.41, 5.74) is 0.0305. The van der Waals surface area contributed by atoms with Crippen molar-refractivity contribution in [3.8, 4) is 0 Å². The Hall–Kier alpha value is -3.22. The van der Waals surface area contributed by atoms with E-state index in [1.807, 2.05) is 0 Å². The predicted octanol–water partition coefficient (Wildman–Crippen LogP) is 2.24. The summed E-state index contributed by atoms with van der Waals surface area (Å²) in [7, 11) is 1.24. The first-order valence-corrected chi connectivity index (χ1v) is 6.79. The van der Waals surface area contributed by atoms with Crippen molar-refractivity contribution in [2.45, 2.75) is 6.54 Å². The summed E-state index contributed by atoms with van der Waals surface area (Å²) in [5, 5.41) is 12.6. The van der Waals surface area contributed by atoms with Gasteiger partial charge in [0.2, 0.25) is 0 Å². The topological polar surface area (TPSA) is 91.4 Å². The lowest BCUT2D eigenvalue weighted by Gasteiger charge is -2.12. The van der Waals surface area contributed by atoms with Crippen LogP contribution in [0.2, 0.25) is 0 Å². The first-order valence-electron chi connectivity index (χ1n) is 6.79. The van der Waals surface area contributed by atoms with E-state index in [9.17, 15) is 19.7 Å². The molecule has 116 valence electrons. The van der Waals surface area contributed by atoms with Gasteiger partial charge in [-0.15, -0.1) is 0 Å². The number of pyridine rings is 1. The number of hydrogen-bond acceptors (Lipinski definition) is 5. The summed E-state index contributed by atoms with van der Waals surface area (Å²) < 4.78 is 5.90. The minimum absolute atomic E-state index is 0.0779. The van der Waals surface area contributed by atoms with E-state index >= 15 is 0 Å². The van der Waals surface area contributed by atoms with Gasteiger partial charge < -0.3 is 4.74 Å². The molecule has 0 aliphatic rings. The number of carbonyl (C=O) groups excluding carboxylic acids is 1. The molecule has 0 saturated carbocycles. The standard InChI is InChI=1S/C16H12N2O5/c1-23-15(19)9-17-14-7-6-10(18(21)22)8-13(14)11-4-2-3-5-12(11)16(17)20/h2-8H,9H2,1H3. The van der Waals surface area contributed by atoms with Crippen LogP contribution in [0.1, 0.15) is 0 Å². The lowest BCUT2D eigenvalue weighted by molar-refractivity contribution is -0.384. The van der Waals surface area contributed by atoms with Crippen molar-refractivity contribution < 1.29 is 14.5 Å². The third-order valence-electron chi connectivity index (χ3n) is 3.69. The summed E-state index contributed by atoms with van der Waals surface area (Å²) in [6, 6.07) is 11.0. The Morgan fingerprint density at radius 1 is 1.17 bits per heavy atom. The Morgan fingerprint density at radius 3 is 2.52 bits per heavy atom. The molecular weight excluding hydrogens is 300 g/mol. The number of nitro benzene ring substituents is 1. The van der Waals surface area contributed by atoms with Gasteiger partial charge in [0.15, 0.2) is 0 Å². The second-order valence-electron chi connectivity index (χ2n) is 4.97. The molecule has 0 amide bonds. The van der Waals surface area contributed by atoms with Gasteiger partial charge in [-0.05, 0) is 17.5 Å². The van der Waals surface area contributed by atoms with Crippen molar-refractivity contribution in [3.63, 3.8) is 0 Å². The zero-order chi connectivity index (χ0) is 16.6. The number of benzene rings is 2. The minimum Gasteiger partial charge on any atom is -0.468 e. The number of fused-ring (bicyclic) bond motifs is 3. The second-order valence-corrected chi connectivity index (χ2v) is 4.97. The molecule has 7 nitrogen and oxygen atoms in total. The van der Waals surface area contributed by atoms with Crippen LogP contribution in [0, 0.1) is 10.1 Å². The number of aromatic nitrogens is 1. The molecule has 0 aliphatic carbocycles. The lowest BCUT2D eigenvalue weighted by Crippen LogP contribution is -2.25. The Kier molecular flexibility index (Phi) is 3.53. The molecule has 3 rings (SSSR count). The fourth-order valence-corrected chi connectivity index (χ4v) is 2.60. The lowest BCUT2D eigenvalue weighted by atomic mass is 10.1. The molecule has 0 atom stereocenters. The maximum absolute atomic E-state index is 12.6. The SMILES string of the molecule is COC(=O)Cn1c(=O)c2ccccc2c2cc([N+](=O)[O-])ccc21. The quantitative estimate of drug-likeness (QED) is 0.320. The number of methoxy groups -OCH3 is 1. The molecule has 0 bridgehead atoms. The summed E-state index contributed by atoms with van der Waals surface area (Å²) in [5.74, 6) is -0.568. The highest BCUT2D eigenvalue weighted by atomic mass is 16.6. The van der Waals surface area contributed by atoms with Crippen molar-refractivity contribution in [1.29, 1.82) is 0 Å². The van der Waals surface area contributed by atoms with Crippen molar-refractivity contribution >= 4 is 33.3 Å². The predicted molar refractivity (Wildman–Crippen MR) is 84.4 cm³/mol. The van der Waals surface area contributed by atoms with Crippen LogP contribution in [0.5, 0.6) is 0 Å². The van der Waals surface area contributed by atoms with Crippen molar-refractivity contribution in [2.75, 3.05) is 7.11 Å². The largest absolute Gasteiger partial charge is 0.468 e. The van der Waals surface area contributed by atoms with Crippen molar-refractivity contribution in [2.24, 2.45) is 0 Å². The van der Waals surface area contributed by atoms with E-state index in [-0.39, 0.29) is 17.8 Å². The van der Waals surface area contributed by atoms with Crippen LogP contribution in [-0.2, 0) is 16.1 Å². The van der Waals surface area contributed by atoms with Gasteiger partial charge in [0.1, 0.15) is 6.54 Å². The summed E-state index contributed by atoms with van der Waals surface area (Å²) >= 11 is 0. The number of carbonyl (C=O) groups is 1. The Morgan fingerprint density at radius 2 is 1.87 bits per heavy atom. The molecule has 0 saturated heterocycles. The van der Waals surface area contributed by atoms with E-state index < -0.39 is 10.9 Å². The van der Waals surface area contributed by atoms with Gasteiger partial charge in [0, 0.05) is 22.9 Å². The normalized spacial score (nSPS) is 10.8. The van der Waals surface area contributed by atoms with E-state index in [0.29, 0.717) is 21.7 Å². The molecule has 7 heteroatoms. The average molecular weight is 312 g/mol. The number of ether oxygens (including phenoxy) is 1. The number of hydrogen-bond donors (Lipinski definition) is 0. The van der Waals surface area contributed by atoms with Crippen LogP contribution < -0.4 is 5.56 Å². The van der Waals surface area contributed by atoms with Crippen LogP contribution in [0.3, 0.4) is 0 Å². The van der Waals surface area contributed by atoms with Crippen molar-refractivity contribution in [1.82, 2.24) is 4.57 Å². The molecule has 0 unspecified atom stereocenters. The van der Waals surface area contributed by atoms with Gasteiger partial charge in [0.05, 0.1) is 17.5 Å². The molecule has 0 radical (unpaired) electrons. The zero-order valence-corrected chi connectivity index (χ0v) is 12.2. The molecule has 1 heterocycles. The van der Waals surface area contributed by atoms with E-state index in [0.717, 1.165) is 0 Å². The first kappa shape index (κ1) is 14.7. The van der Waals surface area contributed by atoms with Gasteiger partial charge in [-0.1, -0.05) is 18.2 Å². The molecule has 0 N–H and O–H groups in total. The van der Waals surface area contributed by atoms with Crippen LogP contribution in [0.4, 0.5) is 5.69 Å². The van der Waals surface area contributed by atoms with Gasteiger partial charge in [-0.3, -0.25) is 24.3 Å². The number of esters is 1. The molecule has 0 aliphatic heterocycles. The fourth-order valence-electron chi connectivity index (χ4n) is 2.60. The van der Waals surface area contributed by atoms with E-state index in [4.69, 9.17) is 0 Å². The summed E-state index contributed by atoms with van der Waals surface area (Å²) in [6.07, 6.45) is 0. The van der Waals surface area contributed by atoms with E-state index in [2.05, 4.69) is 4.74 Å². The first-order chi connectivity index (χ1) is 11.0. The third kappa shape index (κ3) is 2.42. The number of rotatable bonds is 3. The highest BCUT2D eigenvalue weighted by molar-refractivity contribution is 6.06. The zero-order valence-electron chi connectivity index (χ0n) is 12.2. The average Bonchev–Trinajstić information content (AvgIpc) is 2.57. The van der Waals surface area contributed by atoms with E-state index in [1.165, 1.54) is 29.9 Å². The Bertz CT molecular complexity index is 1010. The molecule has 23 heavy (non-hydrogen) atoms. The molecule has 0 fully saturated rings. The fraction of sp³-hybridized carbons (Fsp3) is 0.125. The second kappa shape index (κ2) is 5.53. The monoisotopic (exact) mass is 312 g/mol. The molecule has 0 spiro atoms. The van der Waals surface area contributed by atoms with Gasteiger partial charge in [-0.25, -0.2) is 0 Å². The molecular formula is C16H12N2O5. The third-order valence-corrected chi connectivity index (χ3v) is 3.69. The van der Waals surface area contributed by atoms with Crippen molar-refractivity contribution in [3.05, 3.63) is 62.9 Å². The van der Waals surface area contributed by atoms with Crippen LogP contribution >= 0.6 is 0 Å². The number of nitrogens with zero attached hydrogens (tertiary/aromatic N) is 2. The maximum atomic E-state index is 12.6. The van der Waals surface area contributed by atoms with Gasteiger partial charge in [0.25, 0.3) is 11.2 Å². The van der Waals surface area contributed by atoms with Crippen LogP contribution in [0.25, 0.3) is 21.7 Å². The smallest absolute Gasteiger partial charge is 0.325 e. The van der Waals surface area contributed by atoms with Crippen LogP contribution in [0.15, 0.2) is 47.3 Å². The highest BCUT2D eigenvalue weighted by Gasteiger charge is 2.16. The summed E-state index contributed by atoms with van der Waals surface area (Å²) in [6.45, 7) is -0.255. The van der Waals surface area contributed by atoms with Gasteiger partial charge in [-0.2, -0.15) is 0 Å². The Labute approximate surface area is 129 Å². The molecule has 1 aromatic heterocycles. The van der Waals surface area contributed by atoms with Gasteiger partial charge >= 0.3 is 5.97 Å². The number of nitro groups is 1. The molecule has 2 aromatic carbocycles. The number of non-ortho nitro benzene ring substituents is 1. The van der Waals surface area contributed by atoms with Crippen LogP contribution in [-0.4, -0.2) is 22.6 Å².